The first kappa shape index (κ1) is 62.1. The van der Waals surface area contributed by atoms with Crippen LogP contribution in [-0.4, -0.2) is 173 Å². The second kappa shape index (κ2) is 23.9. The van der Waals surface area contributed by atoms with Crippen LogP contribution in [0.4, 0.5) is 0 Å². The van der Waals surface area contributed by atoms with Gasteiger partial charge in [0.05, 0.1) is 89.6 Å². The topological polar surface area (TPSA) is 372 Å². The Morgan fingerprint density at radius 2 is 1.08 bits per heavy atom. The van der Waals surface area contributed by atoms with Gasteiger partial charge in [-0.15, -0.1) is 0 Å². The van der Waals surface area contributed by atoms with E-state index in [1.165, 1.54) is 81.1 Å². The van der Waals surface area contributed by atoms with Crippen LogP contribution in [0.5, 0.6) is 34.5 Å². The van der Waals surface area contributed by atoms with Crippen molar-refractivity contribution in [2.24, 2.45) is 11.5 Å². The molecule has 0 spiro atoms. The van der Waals surface area contributed by atoms with Crippen molar-refractivity contribution < 1.29 is 98.0 Å². The maximum Gasteiger partial charge on any atom is 0.202 e. The quantitative estimate of drug-likeness (QED) is 0.0400. The summed E-state index contributed by atoms with van der Waals surface area (Å²) in [6.07, 6.45) is -6.51. The number of aromatic hydroxyl groups is 4. The SMILES string of the molecule is COc1cccc2c1C(=O)c1c(O)c3c(c(O)c1C2=O)C[C@@](O)(C(=O)CSCCCCCCSCC(=O)[C@]1(O)Cc2c(O)c4c(c(O)c2[C@@](C)(OC2CC(N)C(O)C(C)O2)C1)C(=O)c1c(OC)cccc1C4=O)C[C@@H]3OC1CC(N)C(O)C(C)O1. The van der Waals surface area contributed by atoms with Gasteiger partial charge in [-0.05, 0) is 57.3 Å². The standard InChI is InChI=1S/C61H70N2O20S2/c1-26-49(66)32(62)18-39(80-26)82-36-22-60(76,20-30-43(36)57(74)46-44(53(30)70)51(68)28-12-10-14-34(78-4)41(28)55(46)72)37(64)23-84-16-8-6-7-9-17-85-24-38(65)61(77)21-31-48(59(3,25-61)83-40-19-33(63)50(67)27(2)81-40)58(75)47-45(54(31)71)52(69)29-13-11-15-35(79-5)42(29)56(47)73/h10-15,26-27,32-33,36,39-40,49-50,66-67,70-71,74-77H,6-9,16-25,62-63H2,1-5H3/t26?,27?,32?,33?,36-,39?,40?,49?,50?,59-,60-,61-/m0/s1. The smallest absolute Gasteiger partial charge is 0.202 e. The van der Waals surface area contributed by atoms with Crippen LogP contribution < -0.4 is 20.9 Å². The van der Waals surface area contributed by atoms with E-state index in [1.807, 2.05) is 0 Å². The fourth-order valence-electron chi connectivity index (χ4n) is 13.1. The lowest BCUT2D eigenvalue weighted by atomic mass is 9.67. The fraction of sp³-hybridized carbons (Fsp3) is 0.508. The molecule has 0 saturated carbocycles. The summed E-state index contributed by atoms with van der Waals surface area (Å²) in [5.74, 6) is -6.32. The highest BCUT2D eigenvalue weighted by Crippen LogP contribution is 2.56. The van der Waals surface area contributed by atoms with Crippen LogP contribution in [0.3, 0.4) is 0 Å². The molecule has 2 fully saturated rings. The third-order valence-corrected chi connectivity index (χ3v) is 19.6. The molecule has 10 rings (SSSR count). The summed E-state index contributed by atoms with van der Waals surface area (Å²) in [5, 5.41) is 93.6. The Labute approximate surface area is 497 Å². The molecule has 2 heterocycles. The highest BCUT2D eigenvalue weighted by atomic mass is 32.2. The molecule has 456 valence electrons. The summed E-state index contributed by atoms with van der Waals surface area (Å²) < 4.78 is 35.5. The zero-order valence-corrected chi connectivity index (χ0v) is 49.1. The summed E-state index contributed by atoms with van der Waals surface area (Å²) in [6, 6.07) is 7.17. The number of unbranched alkanes of at least 4 members (excludes halogenated alkanes) is 3. The first-order valence-electron chi connectivity index (χ1n) is 28.2. The summed E-state index contributed by atoms with van der Waals surface area (Å²) >= 11 is 2.54. The van der Waals surface area contributed by atoms with Crippen molar-refractivity contribution in [1.82, 2.24) is 0 Å². The van der Waals surface area contributed by atoms with E-state index in [0.717, 1.165) is 12.8 Å². The van der Waals surface area contributed by atoms with Crippen LogP contribution in [0.2, 0.25) is 0 Å². The first-order valence-corrected chi connectivity index (χ1v) is 30.5. The van der Waals surface area contributed by atoms with Gasteiger partial charge in [0.1, 0.15) is 51.3 Å². The number of phenols is 4. The highest BCUT2D eigenvalue weighted by Gasteiger charge is 2.56. The largest absolute Gasteiger partial charge is 0.507 e. The minimum absolute atomic E-state index is 0.0183. The number of Topliss-reactive ketones (excluding diaryl/α,β-unsaturated/α-hetero) is 2. The molecule has 2 saturated heterocycles. The van der Waals surface area contributed by atoms with Crippen LogP contribution in [0.1, 0.15) is 164 Å². The van der Waals surface area contributed by atoms with Crippen molar-refractivity contribution in [3.8, 4) is 34.5 Å². The van der Waals surface area contributed by atoms with Gasteiger partial charge in [0.15, 0.2) is 35.7 Å². The Hall–Kier alpha value is -6.00. The number of carbonyl (C=O) groups is 6. The molecule has 22 nitrogen and oxygen atoms in total. The second-order valence-electron chi connectivity index (χ2n) is 23.2. The lowest BCUT2D eigenvalue weighted by molar-refractivity contribution is -0.273. The number of aliphatic hydroxyl groups is 4. The third kappa shape index (κ3) is 10.9. The number of methoxy groups -OCH3 is 2. The number of aliphatic hydroxyl groups excluding tert-OH is 2. The maximum atomic E-state index is 14.3. The number of hydrogen-bond donors (Lipinski definition) is 10. The zero-order chi connectivity index (χ0) is 61.4. The Kier molecular flexibility index (Phi) is 17.5. The normalized spacial score (nSPS) is 29.5. The molecule has 24 heteroatoms. The predicted octanol–water partition coefficient (Wildman–Crippen LogP) is 4.23. The summed E-state index contributed by atoms with van der Waals surface area (Å²) in [6.45, 7) is 4.65. The van der Waals surface area contributed by atoms with Gasteiger partial charge in [0.2, 0.25) is 11.6 Å². The van der Waals surface area contributed by atoms with Gasteiger partial charge in [0.25, 0.3) is 0 Å². The van der Waals surface area contributed by atoms with Gasteiger partial charge in [-0.3, -0.25) is 28.8 Å². The lowest BCUT2D eigenvalue weighted by Gasteiger charge is -2.47. The number of fused-ring (bicyclic) bond motifs is 6. The molecular weight excluding hydrogens is 1140 g/mol. The Morgan fingerprint density at radius 1 is 0.624 bits per heavy atom. The number of phenolic OH excluding ortho intramolecular Hbond substituents is 4. The molecule has 4 aliphatic carbocycles. The molecule has 8 unspecified atom stereocenters. The molecule has 6 aliphatic rings. The van der Waals surface area contributed by atoms with E-state index in [9.17, 15) is 69.6 Å². The van der Waals surface area contributed by atoms with Crippen molar-refractivity contribution in [3.05, 3.63) is 103 Å². The number of ketones is 6. The first-order chi connectivity index (χ1) is 40.3. The Balaban J connectivity index is 0.771. The number of rotatable bonds is 19. The number of thioether (sulfide) groups is 2. The minimum atomic E-state index is -2.22. The van der Waals surface area contributed by atoms with Crippen molar-refractivity contribution in [1.29, 1.82) is 0 Å². The van der Waals surface area contributed by atoms with Crippen molar-refractivity contribution in [2.45, 2.75) is 157 Å². The lowest BCUT2D eigenvalue weighted by Crippen LogP contribution is -2.56. The monoisotopic (exact) mass is 1210 g/mol. The van der Waals surface area contributed by atoms with Crippen LogP contribution in [0.15, 0.2) is 36.4 Å². The summed E-state index contributed by atoms with van der Waals surface area (Å²) in [4.78, 5) is 84.9. The Bertz CT molecular complexity index is 3390. The van der Waals surface area contributed by atoms with Gasteiger partial charge in [0, 0.05) is 84.0 Å². The van der Waals surface area contributed by atoms with Gasteiger partial charge >= 0.3 is 0 Å². The van der Waals surface area contributed by atoms with E-state index in [2.05, 4.69) is 0 Å². The highest BCUT2D eigenvalue weighted by molar-refractivity contribution is 8.00. The van der Waals surface area contributed by atoms with E-state index < -0.39 is 178 Å². The molecule has 2 aliphatic heterocycles. The average molecular weight is 1220 g/mol. The number of benzene rings is 4. The van der Waals surface area contributed by atoms with Gasteiger partial charge in [-0.1, -0.05) is 37.1 Å². The van der Waals surface area contributed by atoms with E-state index in [1.54, 1.807) is 13.8 Å². The molecule has 0 amide bonds. The number of ether oxygens (including phenoxy) is 6. The number of hydrogen-bond acceptors (Lipinski definition) is 24. The molecule has 0 aromatic heterocycles. The molecule has 12 N–H and O–H groups in total. The molecular formula is C61H70N2O20S2. The van der Waals surface area contributed by atoms with Crippen molar-refractivity contribution >= 4 is 58.2 Å². The van der Waals surface area contributed by atoms with E-state index in [0.29, 0.717) is 24.3 Å². The number of carbonyl (C=O) groups excluding carboxylic acids is 6. The zero-order valence-electron chi connectivity index (χ0n) is 47.5. The average Bonchev–Trinajstić information content (AvgIpc) is 0.851. The maximum absolute atomic E-state index is 14.3. The molecule has 85 heavy (non-hydrogen) atoms. The second-order valence-corrected chi connectivity index (χ2v) is 25.4. The van der Waals surface area contributed by atoms with Crippen LogP contribution in [0.25, 0.3) is 0 Å². The minimum Gasteiger partial charge on any atom is -0.507 e. The van der Waals surface area contributed by atoms with Gasteiger partial charge < -0.3 is 80.7 Å². The van der Waals surface area contributed by atoms with Gasteiger partial charge in [-0.25, -0.2) is 0 Å². The van der Waals surface area contributed by atoms with E-state index in [4.69, 9.17) is 39.9 Å². The third-order valence-electron chi connectivity index (χ3n) is 17.5. The van der Waals surface area contributed by atoms with E-state index in [-0.39, 0.29) is 80.4 Å². The summed E-state index contributed by atoms with van der Waals surface area (Å²) in [7, 11) is 2.64. The molecule has 0 bridgehead atoms. The van der Waals surface area contributed by atoms with Gasteiger partial charge in [-0.2, -0.15) is 23.5 Å². The molecule has 12 atom stereocenters. The van der Waals surface area contributed by atoms with Crippen LogP contribution in [-0.2, 0) is 47.0 Å². The summed E-state index contributed by atoms with van der Waals surface area (Å²) in [5.41, 5.74) is 3.29. The fourth-order valence-corrected chi connectivity index (χ4v) is 15.1. The predicted molar refractivity (Wildman–Crippen MR) is 307 cm³/mol. The Morgan fingerprint density at radius 3 is 1.60 bits per heavy atom. The van der Waals surface area contributed by atoms with E-state index >= 15 is 0 Å². The molecule has 4 aromatic carbocycles. The van der Waals surface area contributed by atoms with Crippen LogP contribution in [0, 0.1) is 0 Å². The van der Waals surface area contributed by atoms with Crippen LogP contribution >= 0.6 is 23.5 Å². The molecule has 0 radical (unpaired) electrons. The number of nitrogens with two attached hydrogens (primary N) is 2. The molecule has 4 aromatic rings. The van der Waals surface area contributed by atoms with Crippen molar-refractivity contribution in [2.75, 3.05) is 37.2 Å². The van der Waals surface area contributed by atoms with Crippen molar-refractivity contribution in [3.63, 3.8) is 0 Å².